The first kappa shape index (κ1) is 13.8. The maximum atomic E-state index is 11.1. The Hall–Kier alpha value is -1.16. The molecule has 10 heteroatoms. The molecule has 1 unspecified atom stereocenters. The Morgan fingerprint density at radius 3 is 1.73 bits per heavy atom. The Morgan fingerprint density at radius 1 is 1.13 bits per heavy atom. The van der Waals surface area contributed by atoms with Gasteiger partial charge in [0.05, 0.1) is 0 Å². The lowest BCUT2D eigenvalue weighted by Gasteiger charge is -2.09. The molecule has 0 aromatic heterocycles. The van der Waals surface area contributed by atoms with E-state index in [0.717, 1.165) is 0 Å². The third-order valence-electron chi connectivity index (χ3n) is 1.24. The van der Waals surface area contributed by atoms with Gasteiger partial charge in [-0.25, -0.2) is 21.6 Å². The number of hydrogen-bond donors (Lipinski definition) is 2. The van der Waals surface area contributed by atoms with Crippen LogP contribution < -0.4 is 0 Å². The highest BCUT2D eigenvalue weighted by Crippen LogP contribution is 2.10. The highest BCUT2D eigenvalue weighted by Gasteiger charge is 2.42. The predicted octanol–water partition coefficient (Wildman–Crippen LogP) is -2.06. The number of carboxylic acid groups (broad SMARTS) is 2. The third kappa shape index (κ3) is 3.83. The van der Waals surface area contributed by atoms with Crippen LogP contribution in [0.15, 0.2) is 0 Å². The first-order chi connectivity index (χ1) is 6.48. The van der Waals surface area contributed by atoms with Crippen molar-refractivity contribution in [1.82, 2.24) is 0 Å². The van der Waals surface area contributed by atoms with Gasteiger partial charge in [-0.15, -0.1) is 0 Å². The van der Waals surface area contributed by atoms with E-state index in [1.807, 2.05) is 0 Å². The fourth-order valence-corrected chi connectivity index (χ4v) is 4.35. The quantitative estimate of drug-likeness (QED) is 0.574. The summed E-state index contributed by atoms with van der Waals surface area (Å²) in [6, 6.07) is 0. The van der Waals surface area contributed by atoms with Crippen LogP contribution in [0.3, 0.4) is 0 Å². The first-order valence-electron chi connectivity index (χ1n) is 3.33. The van der Waals surface area contributed by atoms with E-state index in [0.29, 0.717) is 6.26 Å². The van der Waals surface area contributed by atoms with Crippen molar-refractivity contribution in [3.63, 3.8) is 0 Å². The molecule has 0 amide bonds. The largest absolute Gasteiger partial charge is 0.480 e. The van der Waals surface area contributed by atoms with Gasteiger partial charge in [0.15, 0.2) is 19.7 Å². The summed E-state index contributed by atoms with van der Waals surface area (Å²) >= 11 is 0. The van der Waals surface area contributed by atoms with E-state index in [1.54, 1.807) is 0 Å². The molecule has 0 saturated heterocycles. The van der Waals surface area contributed by atoms with Crippen molar-refractivity contribution in [2.24, 2.45) is 0 Å². The van der Waals surface area contributed by atoms with Gasteiger partial charge in [-0.1, -0.05) is 0 Å². The Balaban J connectivity index is 5.50. The zero-order valence-corrected chi connectivity index (χ0v) is 9.08. The van der Waals surface area contributed by atoms with Crippen LogP contribution in [0.25, 0.3) is 0 Å². The van der Waals surface area contributed by atoms with Crippen LogP contribution in [0.1, 0.15) is 0 Å². The Morgan fingerprint density at radius 2 is 1.53 bits per heavy atom. The van der Waals surface area contributed by atoms with Crippen LogP contribution in [0.5, 0.6) is 0 Å². The lowest BCUT2D eigenvalue weighted by molar-refractivity contribution is -0.135. The summed E-state index contributed by atoms with van der Waals surface area (Å²) in [6.45, 7) is 0. The number of carboxylic acids is 2. The van der Waals surface area contributed by atoms with E-state index in [9.17, 15) is 26.4 Å². The topological polar surface area (TPSA) is 143 Å². The molecule has 0 spiro atoms. The molecular weight excluding hydrogens is 252 g/mol. The molecule has 0 saturated carbocycles. The van der Waals surface area contributed by atoms with E-state index in [1.165, 1.54) is 0 Å². The molecule has 0 bridgehead atoms. The van der Waals surface area contributed by atoms with Crippen LogP contribution in [-0.2, 0) is 29.3 Å². The fourth-order valence-electron chi connectivity index (χ4n) is 0.851. The molecule has 0 aliphatic rings. The summed E-state index contributed by atoms with van der Waals surface area (Å²) in [7, 11) is -9.18. The fraction of sp³-hybridized carbons (Fsp3) is 0.600. The SMILES string of the molecule is CS(=O)(=O)C(C(=O)O)S(=O)(=O)CC(=O)O. The molecule has 2 N–H and O–H groups in total. The van der Waals surface area contributed by atoms with Gasteiger partial charge in [-0.05, 0) is 0 Å². The standard InChI is InChI=1S/C5H8O8S2/c1-14(10,11)5(4(8)9)15(12,13)2-3(6)7/h5H,2H2,1H3,(H,6,7)(H,8,9). The molecule has 0 aliphatic heterocycles. The monoisotopic (exact) mass is 260 g/mol. The van der Waals surface area contributed by atoms with E-state index >= 15 is 0 Å². The Bertz CT molecular complexity index is 469. The molecule has 0 radical (unpaired) electrons. The minimum atomic E-state index is -4.77. The molecular formula is C5H8O8S2. The lowest BCUT2D eigenvalue weighted by atomic mass is 10.8. The maximum Gasteiger partial charge on any atom is 0.337 e. The normalized spacial score (nSPS) is 14.5. The predicted molar refractivity (Wildman–Crippen MR) is 47.7 cm³/mol. The van der Waals surface area contributed by atoms with Crippen molar-refractivity contribution in [3.05, 3.63) is 0 Å². The third-order valence-corrected chi connectivity index (χ3v) is 5.65. The molecule has 0 aromatic rings. The van der Waals surface area contributed by atoms with Gasteiger partial charge in [0.25, 0.3) is 4.58 Å². The minimum Gasteiger partial charge on any atom is -0.480 e. The van der Waals surface area contributed by atoms with Gasteiger partial charge in [0.2, 0.25) is 0 Å². The zero-order valence-electron chi connectivity index (χ0n) is 7.44. The van der Waals surface area contributed by atoms with Gasteiger partial charge in [0.1, 0.15) is 5.75 Å². The Kier molecular flexibility index (Phi) is 3.82. The Labute approximate surface area is 85.4 Å². The van der Waals surface area contributed by atoms with Crippen LogP contribution in [0, 0.1) is 0 Å². The van der Waals surface area contributed by atoms with Gasteiger partial charge in [-0.3, -0.25) is 4.79 Å². The second-order valence-corrected chi connectivity index (χ2v) is 7.22. The summed E-state index contributed by atoms with van der Waals surface area (Å²) in [4.78, 5) is 20.5. The molecule has 15 heavy (non-hydrogen) atoms. The van der Waals surface area contributed by atoms with Crippen LogP contribution in [-0.4, -0.2) is 55.6 Å². The van der Waals surface area contributed by atoms with Gasteiger partial charge < -0.3 is 10.2 Å². The number of aliphatic carboxylic acids is 2. The van der Waals surface area contributed by atoms with Crippen LogP contribution >= 0.6 is 0 Å². The zero-order chi connectivity index (χ0) is 12.4. The molecule has 0 aliphatic carbocycles. The van der Waals surface area contributed by atoms with Crippen molar-refractivity contribution < 1.29 is 36.6 Å². The summed E-state index contributed by atoms with van der Waals surface area (Å²) < 4.78 is 41.1. The first-order valence-corrected chi connectivity index (χ1v) is 7.00. The average molecular weight is 260 g/mol. The van der Waals surface area contributed by atoms with Gasteiger partial charge >= 0.3 is 11.9 Å². The van der Waals surface area contributed by atoms with E-state index < -0.39 is 41.9 Å². The second-order valence-electron chi connectivity index (χ2n) is 2.70. The van der Waals surface area contributed by atoms with Gasteiger partial charge in [-0.2, -0.15) is 0 Å². The highest BCUT2D eigenvalue weighted by atomic mass is 32.3. The maximum absolute atomic E-state index is 11.1. The number of carbonyl (C=O) groups is 2. The average Bonchev–Trinajstić information content (AvgIpc) is 1.74. The number of sulfone groups is 2. The van der Waals surface area contributed by atoms with Crippen LogP contribution in [0.4, 0.5) is 0 Å². The molecule has 0 rings (SSSR count). The molecule has 1 atom stereocenters. The smallest absolute Gasteiger partial charge is 0.337 e. The summed E-state index contributed by atoms with van der Waals surface area (Å²) in [5, 5.41) is 16.6. The van der Waals surface area contributed by atoms with Crippen LogP contribution in [0.2, 0.25) is 0 Å². The second kappa shape index (κ2) is 4.14. The number of hydrogen-bond acceptors (Lipinski definition) is 6. The summed E-state index contributed by atoms with van der Waals surface area (Å²) in [5.74, 6) is -5.47. The summed E-state index contributed by atoms with van der Waals surface area (Å²) in [5.41, 5.74) is 0. The molecule has 8 nitrogen and oxygen atoms in total. The molecule has 88 valence electrons. The van der Waals surface area contributed by atoms with Crippen molar-refractivity contribution in [1.29, 1.82) is 0 Å². The lowest BCUT2D eigenvalue weighted by Crippen LogP contribution is -2.40. The van der Waals surface area contributed by atoms with Crippen molar-refractivity contribution in [2.75, 3.05) is 12.0 Å². The highest BCUT2D eigenvalue weighted by molar-refractivity contribution is 8.10. The van der Waals surface area contributed by atoms with Crippen molar-refractivity contribution >= 4 is 31.6 Å². The summed E-state index contributed by atoms with van der Waals surface area (Å²) in [6.07, 6.45) is 0.408. The van der Waals surface area contributed by atoms with Crippen molar-refractivity contribution in [2.45, 2.75) is 4.58 Å². The molecule has 0 aromatic carbocycles. The minimum absolute atomic E-state index is 0.408. The molecule has 0 heterocycles. The molecule has 0 fully saturated rings. The van der Waals surface area contributed by atoms with Gasteiger partial charge in [0, 0.05) is 6.26 Å². The number of rotatable bonds is 5. The van der Waals surface area contributed by atoms with E-state index in [2.05, 4.69) is 0 Å². The van der Waals surface area contributed by atoms with E-state index in [4.69, 9.17) is 10.2 Å². The van der Waals surface area contributed by atoms with E-state index in [-0.39, 0.29) is 0 Å². The van der Waals surface area contributed by atoms with Crippen molar-refractivity contribution in [3.8, 4) is 0 Å².